The molecule has 0 aromatic heterocycles. The van der Waals surface area contributed by atoms with Gasteiger partial charge in [-0.1, -0.05) is 29.8 Å². The van der Waals surface area contributed by atoms with Crippen molar-refractivity contribution in [1.29, 1.82) is 0 Å². The van der Waals surface area contributed by atoms with Crippen LogP contribution in [-0.2, 0) is 0 Å². The number of urea groups is 1. The number of carbonyl (C=O) groups excluding carboxylic acids is 1. The summed E-state index contributed by atoms with van der Waals surface area (Å²) in [7, 11) is 0. The highest BCUT2D eigenvalue weighted by Gasteiger charge is 2.26. The maximum absolute atomic E-state index is 12.4. The van der Waals surface area contributed by atoms with E-state index in [-0.39, 0.29) is 18.6 Å². The Bertz CT molecular complexity index is 700. The van der Waals surface area contributed by atoms with Crippen LogP contribution < -0.4 is 10.1 Å². The zero-order valence-corrected chi connectivity index (χ0v) is 13.7. The quantitative estimate of drug-likeness (QED) is 0.902. The van der Waals surface area contributed by atoms with Crippen LogP contribution in [0.15, 0.2) is 48.5 Å². The first-order valence-electron chi connectivity index (χ1n) is 8.16. The largest absolute Gasteiger partial charge is 0.455 e. The topological polar surface area (TPSA) is 61.8 Å². The zero-order valence-electron chi connectivity index (χ0n) is 13.7. The molecule has 0 bridgehead atoms. The van der Waals surface area contributed by atoms with E-state index in [0.29, 0.717) is 24.5 Å². The van der Waals surface area contributed by atoms with Crippen LogP contribution >= 0.6 is 0 Å². The summed E-state index contributed by atoms with van der Waals surface area (Å²) in [5, 5.41) is 12.1. The van der Waals surface area contributed by atoms with E-state index in [1.807, 2.05) is 55.5 Å². The monoisotopic (exact) mass is 326 g/mol. The van der Waals surface area contributed by atoms with Gasteiger partial charge in [0.1, 0.15) is 5.75 Å². The van der Waals surface area contributed by atoms with E-state index in [1.54, 1.807) is 4.90 Å². The lowest BCUT2D eigenvalue weighted by Gasteiger charge is -2.18. The number of aliphatic hydroxyl groups is 1. The number of hydrogen-bond acceptors (Lipinski definition) is 3. The van der Waals surface area contributed by atoms with Gasteiger partial charge in [0.05, 0.1) is 5.69 Å². The van der Waals surface area contributed by atoms with Gasteiger partial charge < -0.3 is 20.1 Å². The van der Waals surface area contributed by atoms with Crippen molar-refractivity contribution < 1.29 is 14.6 Å². The molecule has 1 fully saturated rings. The van der Waals surface area contributed by atoms with Crippen LogP contribution in [0.5, 0.6) is 11.5 Å². The van der Waals surface area contributed by atoms with Gasteiger partial charge in [-0.05, 0) is 37.6 Å². The summed E-state index contributed by atoms with van der Waals surface area (Å²) in [6, 6.07) is 15.0. The van der Waals surface area contributed by atoms with E-state index in [9.17, 15) is 9.90 Å². The Morgan fingerprint density at radius 2 is 2.00 bits per heavy atom. The van der Waals surface area contributed by atoms with E-state index in [1.165, 1.54) is 0 Å². The SMILES string of the molecule is Cc1ccc(Oc2ccccc2NC(=O)N2CCC(CO)C2)cc1. The highest BCUT2D eigenvalue weighted by molar-refractivity contribution is 5.91. The number of benzene rings is 2. The standard InChI is InChI=1S/C19H22N2O3/c1-14-6-8-16(9-7-14)24-18-5-3-2-4-17(18)20-19(23)21-11-10-15(12-21)13-22/h2-9,15,22H,10-13H2,1H3,(H,20,23). The molecule has 126 valence electrons. The molecule has 1 aliphatic heterocycles. The normalized spacial score (nSPS) is 16.9. The van der Waals surface area contributed by atoms with Gasteiger partial charge in [-0.15, -0.1) is 0 Å². The predicted molar refractivity (Wildman–Crippen MR) is 93.5 cm³/mol. The van der Waals surface area contributed by atoms with Crippen molar-refractivity contribution in [2.45, 2.75) is 13.3 Å². The Labute approximate surface area is 141 Å². The van der Waals surface area contributed by atoms with Gasteiger partial charge in [-0.25, -0.2) is 4.79 Å². The molecule has 1 heterocycles. The molecule has 2 aromatic carbocycles. The van der Waals surface area contributed by atoms with Crippen LogP contribution in [0, 0.1) is 12.8 Å². The van der Waals surface area contributed by atoms with Crippen molar-refractivity contribution in [3.05, 3.63) is 54.1 Å². The molecule has 0 radical (unpaired) electrons. The molecule has 0 aliphatic carbocycles. The number of nitrogens with zero attached hydrogens (tertiary/aromatic N) is 1. The molecule has 1 saturated heterocycles. The van der Waals surface area contributed by atoms with Crippen LogP contribution in [0.3, 0.4) is 0 Å². The second-order valence-electron chi connectivity index (χ2n) is 6.12. The van der Waals surface area contributed by atoms with E-state index in [0.717, 1.165) is 17.7 Å². The average Bonchev–Trinajstić information content (AvgIpc) is 3.08. The Kier molecular flexibility index (Phi) is 5.01. The minimum atomic E-state index is -0.161. The van der Waals surface area contributed by atoms with E-state index in [2.05, 4.69) is 5.32 Å². The summed E-state index contributed by atoms with van der Waals surface area (Å²) in [6.07, 6.45) is 0.839. The molecule has 5 nitrogen and oxygen atoms in total. The molecule has 0 saturated carbocycles. The minimum absolute atomic E-state index is 0.122. The zero-order chi connectivity index (χ0) is 16.9. The Balaban J connectivity index is 1.70. The third-order valence-corrected chi connectivity index (χ3v) is 4.21. The lowest BCUT2D eigenvalue weighted by molar-refractivity contribution is 0.208. The first kappa shape index (κ1) is 16.3. The lowest BCUT2D eigenvalue weighted by Crippen LogP contribution is -2.33. The van der Waals surface area contributed by atoms with Gasteiger partial charge >= 0.3 is 6.03 Å². The number of anilines is 1. The third-order valence-electron chi connectivity index (χ3n) is 4.21. The molecule has 5 heteroatoms. The molecule has 2 aromatic rings. The minimum Gasteiger partial charge on any atom is -0.455 e. The number of nitrogens with one attached hydrogen (secondary N) is 1. The van der Waals surface area contributed by atoms with Crippen molar-refractivity contribution in [1.82, 2.24) is 4.90 Å². The summed E-state index contributed by atoms with van der Waals surface area (Å²) in [5.41, 5.74) is 1.80. The molecule has 1 aliphatic rings. The highest BCUT2D eigenvalue weighted by atomic mass is 16.5. The fourth-order valence-corrected chi connectivity index (χ4v) is 2.75. The summed E-state index contributed by atoms with van der Waals surface area (Å²) in [4.78, 5) is 14.1. The predicted octanol–water partition coefficient (Wildman–Crippen LogP) is 3.63. The number of hydrogen-bond donors (Lipinski definition) is 2. The van der Waals surface area contributed by atoms with E-state index in [4.69, 9.17) is 4.74 Å². The second kappa shape index (κ2) is 7.36. The molecule has 2 N–H and O–H groups in total. The van der Waals surface area contributed by atoms with Crippen molar-refractivity contribution >= 4 is 11.7 Å². The molecular formula is C19H22N2O3. The van der Waals surface area contributed by atoms with Gasteiger partial charge in [-0.3, -0.25) is 0 Å². The highest BCUT2D eigenvalue weighted by Crippen LogP contribution is 2.30. The summed E-state index contributed by atoms with van der Waals surface area (Å²) >= 11 is 0. The first-order chi connectivity index (χ1) is 11.7. The maximum atomic E-state index is 12.4. The van der Waals surface area contributed by atoms with Gasteiger partial charge in [-0.2, -0.15) is 0 Å². The molecule has 2 amide bonds. The van der Waals surface area contributed by atoms with Crippen LogP contribution in [0.2, 0.25) is 0 Å². The Morgan fingerprint density at radius 1 is 1.25 bits per heavy atom. The average molecular weight is 326 g/mol. The molecule has 1 unspecified atom stereocenters. The van der Waals surface area contributed by atoms with Crippen molar-refractivity contribution in [2.24, 2.45) is 5.92 Å². The van der Waals surface area contributed by atoms with E-state index < -0.39 is 0 Å². The number of amides is 2. The number of carbonyl (C=O) groups is 1. The molecule has 0 spiro atoms. The fraction of sp³-hybridized carbons (Fsp3) is 0.316. The number of aryl methyl sites for hydroxylation is 1. The summed E-state index contributed by atoms with van der Waals surface area (Å²) in [5.74, 6) is 1.51. The lowest BCUT2D eigenvalue weighted by atomic mass is 10.1. The summed E-state index contributed by atoms with van der Waals surface area (Å²) < 4.78 is 5.90. The van der Waals surface area contributed by atoms with Crippen LogP contribution in [-0.4, -0.2) is 35.7 Å². The van der Waals surface area contributed by atoms with Gasteiger partial charge in [0.15, 0.2) is 5.75 Å². The van der Waals surface area contributed by atoms with Crippen molar-refractivity contribution in [3.63, 3.8) is 0 Å². The maximum Gasteiger partial charge on any atom is 0.321 e. The summed E-state index contributed by atoms with van der Waals surface area (Å²) in [6.45, 7) is 3.39. The molecule has 24 heavy (non-hydrogen) atoms. The fourth-order valence-electron chi connectivity index (χ4n) is 2.75. The Hall–Kier alpha value is -2.53. The van der Waals surface area contributed by atoms with Gasteiger partial charge in [0.2, 0.25) is 0 Å². The van der Waals surface area contributed by atoms with Crippen LogP contribution in [0.1, 0.15) is 12.0 Å². The third kappa shape index (κ3) is 3.86. The smallest absolute Gasteiger partial charge is 0.321 e. The van der Waals surface area contributed by atoms with Crippen molar-refractivity contribution in [2.75, 3.05) is 25.0 Å². The van der Waals surface area contributed by atoms with Crippen LogP contribution in [0.4, 0.5) is 10.5 Å². The van der Waals surface area contributed by atoms with Gasteiger partial charge in [0, 0.05) is 25.6 Å². The first-order valence-corrected chi connectivity index (χ1v) is 8.16. The second-order valence-corrected chi connectivity index (χ2v) is 6.12. The van der Waals surface area contributed by atoms with E-state index >= 15 is 0 Å². The van der Waals surface area contributed by atoms with Crippen molar-refractivity contribution in [3.8, 4) is 11.5 Å². The number of likely N-dealkylation sites (tertiary alicyclic amines) is 1. The number of rotatable bonds is 4. The molecule has 1 atom stereocenters. The number of ether oxygens (including phenoxy) is 1. The Morgan fingerprint density at radius 3 is 2.71 bits per heavy atom. The number of aliphatic hydroxyl groups excluding tert-OH is 1. The molecule has 3 rings (SSSR count). The van der Waals surface area contributed by atoms with Gasteiger partial charge in [0.25, 0.3) is 0 Å². The number of para-hydroxylation sites is 2. The van der Waals surface area contributed by atoms with Crippen LogP contribution in [0.25, 0.3) is 0 Å². The molecular weight excluding hydrogens is 304 g/mol.